The number of ether oxygens (including phenoxy) is 5. The minimum Gasteiger partial charge on any atom is -0.493 e. The first-order valence-electron chi connectivity index (χ1n) is 10.1. The molecule has 1 saturated heterocycles. The van der Waals surface area contributed by atoms with Gasteiger partial charge in [-0.15, -0.1) is 6.58 Å². The molecule has 0 radical (unpaired) electrons. The molecule has 1 fully saturated rings. The largest absolute Gasteiger partial charge is 0.493 e. The Hall–Kier alpha value is -2.06. The Labute approximate surface area is 177 Å². The Balaban J connectivity index is 2.07. The molecule has 166 valence electrons. The molecule has 1 aromatic rings. The lowest BCUT2D eigenvalue weighted by Gasteiger charge is -2.52. The van der Waals surface area contributed by atoms with Gasteiger partial charge in [-0.1, -0.05) is 19.1 Å². The number of hydrogen-bond donors (Lipinski definition) is 2. The maximum absolute atomic E-state index is 11.5. The van der Waals surface area contributed by atoms with Crippen LogP contribution in [0.5, 0.6) is 17.2 Å². The molecule has 1 aliphatic carbocycles. The summed E-state index contributed by atoms with van der Waals surface area (Å²) in [5, 5.41) is 21.9. The second-order valence-corrected chi connectivity index (χ2v) is 7.84. The van der Waals surface area contributed by atoms with Gasteiger partial charge in [0.1, 0.15) is 0 Å². The predicted molar refractivity (Wildman–Crippen MR) is 112 cm³/mol. The summed E-state index contributed by atoms with van der Waals surface area (Å²) in [5.74, 6) is -0.0121. The molecule has 0 saturated carbocycles. The van der Waals surface area contributed by atoms with Crippen LogP contribution in [0.25, 0.3) is 0 Å². The zero-order chi connectivity index (χ0) is 21.9. The summed E-state index contributed by atoms with van der Waals surface area (Å²) in [5.41, 5.74) is -0.114. The fourth-order valence-electron chi connectivity index (χ4n) is 4.83. The van der Waals surface area contributed by atoms with Crippen LogP contribution < -0.4 is 14.2 Å². The van der Waals surface area contributed by atoms with Crippen LogP contribution in [-0.4, -0.2) is 56.6 Å². The molecule has 0 aromatic heterocycles. The van der Waals surface area contributed by atoms with Crippen molar-refractivity contribution in [1.82, 2.24) is 0 Å². The summed E-state index contributed by atoms with van der Waals surface area (Å²) in [4.78, 5) is 0. The number of hydrogen-bond acceptors (Lipinski definition) is 7. The van der Waals surface area contributed by atoms with Crippen molar-refractivity contribution >= 4 is 0 Å². The van der Waals surface area contributed by atoms with Gasteiger partial charge in [-0.25, -0.2) is 0 Å². The van der Waals surface area contributed by atoms with Crippen LogP contribution in [0.15, 0.2) is 36.9 Å². The van der Waals surface area contributed by atoms with Crippen LogP contribution in [0.3, 0.4) is 0 Å². The van der Waals surface area contributed by atoms with Gasteiger partial charge in [0.25, 0.3) is 0 Å². The monoisotopic (exact) mass is 420 g/mol. The van der Waals surface area contributed by atoms with E-state index in [9.17, 15) is 10.2 Å². The lowest BCUT2D eigenvalue weighted by Crippen LogP contribution is -2.56. The Morgan fingerprint density at radius 1 is 1.17 bits per heavy atom. The molecule has 7 heteroatoms. The van der Waals surface area contributed by atoms with Crippen molar-refractivity contribution in [3.8, 4) is 17.2 Å². The van der Waals surface area contributed by atoms with E-state index >= 15 is 0 Å². The smallest absolute Gasteiger partial charge is 0.203 e. The minimum atomic E-state index is -1.03. The number of allylic oxidation sites excluding steroid dienone is 1. The summed E-state index contributed by atoms with van der Waals surface area (Å²) in [6.07, 6.45) is 4.56. The first-order chi connectivity index (χ1) is 14.4. The lowest BCUT2D eigenvalue weighted by molar-refractivity contribution is -0.242. The fraction of sp³-hybridized carbons (Fsp3) is 0.565. The van der Waals surface area contributed by atoms with Crippen molar-refractivity contribution in [2.24, 2.45) is 11.3 Å². The van der Waals surface area contributed by atoms with Gasteiger partial charge >= 0.3 is 0 Å². The average Bonchev–Trinajstić information content (AvgIpc) is 3.24. The highest BCUT2D eigenvalue weighted by molar-refractivity contribution is 5.54. The highest BCUT2D eigenvalue weighted by atomic mass is 16.7. The topological polar surface area (TPSA) is 86.6 Å². The molecular weight excluding hydrogens is 388 g/mol. The van der Waals surface area contributed by atoms with Crippen LogP contribution in [0.4, 0.5) is 0 Å². The molecule has 4 atom stereocenters. The zero-order valence-electron chi connectivity index (χ0n) is 18.1. The highest BCUT2D eigenvalue weighted by Gasteiger charge is 2.60. The number of aliphatic hydroxyl groups excluding tert-OH is 2. The molecule has 3 rings (SSSR count). The minimum absolute atomic E-state index is 0.365. The average molecular weight is 421 g/mol. The number of methoxy groups -OCH3 is 3. The molecule has 0 amide bonds. The second-order valence-electron chi connectivity index (χ2n) is 7.84. The van der Waals surface area contributed by atoms with Crippen molar-refractivity contribution in [3.63, 3.8) is 0 Å². The van der Waals surface area contributed by atoms with Gasteiger partial charge in [0.15, 0.2) is 17.3 Å². The Morgan fingerprint density at radius 2 is 1.77 bits per heavy atom. The van der Waals surface area contributed by atoms with Crippen molar-refractivity contribution < 1.29 is 33.9 Å². The third-order valence-corrected chi connectivity index (χ3v) is 6.40. The standard InChI is InChI=1S/C23H32O7/c1-6-8-22(14-17(24)7-9-23(22)29-10-11-30-23)15(2)20(25)16-12-18(26-3)21(28-5)19(13-16)27-4/h6-7,9,12-13,15,17,20,24-25H,1,8,10-11,14H2,2-5H3. The van der Waals surface area contributed by atoms with E-state index in [2.05, 4.69) is 6.58 Å². The predicted octanol–water partition coefficient (Wildman–Crippen LogP) is 3.01. The van der Waals surface area contributed by atoms with Gasteiger partial charge in [0, 0.05) is 5.41 Å². The van der Waals surface area contributed by atoms with Gasteiger partial charge in [-0.2, -0.15) is 0 Å². The molecule has 1 heterocycles. The van der Waals surface area contributed by atoms with Crippen LogP contribution in [0.1, 0.15) is 31.4 Å². The SMILES string of the molecule is C=CCC1(C(C)C(O)c2cc(OC)c(OC)c(OC)c2)CC(O)C=CC12OCCO2. The number of rotatable bonds is 8. The normalized spacial score (nSPS) is 26.9. The highest BCUT2D eigenvalue weighted by Crippen LogP contribution is 2.57. The first-order valence-corrected chi connectivity index (χ1v) is 10.1. The van der Waals surface area contributed by atoms with E-state index in [1.165, 1.54) is 21.3 Å². The second kappa shape index (κ2) is 8.98. The Bertz CT molecular complexity index is 759. The Kier molecular flexibility index (Phi) is 6.77. The molecule has 7 nitrogen and oxygen atoms in total. The molecule has 1 spiro atoms. The van der Waals surface area contributed by atoms with E-state index in [1.54, 1.807) is 30.4 Å². The first kappa shape index (κ1) is 22.6. The number of benzene rings is 1. The quantitative estimate of drug-likeness (QED) is 0.625. The summed E-state index contributed by atoms with van der Waals surface area (Å²) in [7, 11) is 4.60. The fourth-order valence-corrected chi connectivity index (χ4v) is 4.83. The van der Waals surface area contributed by atoms with Crippen LogP contribution in [0.2, 0.25) is 0 Å². The van der Waals surface area contributed by atoms with Crippen molar-refractivity contribution in [3.05, 3.63) is 42.5 Å². The third-order valence-electron chi connectivity index (χ3n) is 6.40. The van der Waals surface area contributed by atoms with E-state index in [4.69, 9.17) is 23.7 Å². The third kappa shape index (κ3) is 3.60. The van der Waals surface area contributed by atoms with E-state index in [0.29, 0.717) is 48.9 Å². The van der Waals surface area contributed by atoms with Crippen LogP contribution in [0, 0.1) is 11.3 Å². The van der Waals surface area contributed by atoms with E-state index in [1.807, 2.05) is 6.92 Å². The van der Waals surface area contributed by atoms with Crippen LogP contribution >= 0.6 is 0 Å². The molecular formula is C23H32O7. The van der Waals surface area contributed by atoms with E-state index in [-0.39, 0.29) is 5.92 Å². The zero-order valence-corrected chi connectivity index (χ0v) is 18.1. The van der Waals surface area contributed by atoms with E-state index in [0.717, 1.165) is 0 Å². The van der Waals surface area contributed by atoms with Crippen molar-refractivity contribution in [2.45, 2.75) is 37.8 Å². The summed E-state index contributed by atoms with van der Waals surface area (Å²) in [6, 6.07) is 3.48. The number of aliphatic hydroxyl groups is 2. The van der Waals surface area contributed by atoms with Crippen molar-refractivity contribution in [2.75, 3.05) is 34.5 Å². The molecule has 1 aromatic carbocycles. The summed E-state index contributed by atoms with van der Waals surface area (Å²) < 4.78 is 28.4. The maximum atomic E-state index is 11.5. The van der Waals surface area contributed by atoms with Gasteiger partial charge in [0.05, 0.1) is 46.8 Å². The van der Waals surface area contributed by atoms with Gasteiger partial charge in [-0.05, 0) is 42.5 Å². The molecule has 0 bridgehead atoms. The molecule has 1 aliphatic heterocycles. The van der Waals surface area contributed by atoms with E-state index < -0.39 is 23.4 Å². The molecule has 30 heavy (non-hydrogen) atoms. The maximum Gasteiger partial charge on any atom is 0.203 e. The van der Waals surface area contributed by atoms with Gasteiger partial charge < -0.3 is 33.9 Å². The van der Waals surface area contributed by atoms with Crippen molar-refractivity contribution in [1.29, 1.82) is 0 Å². The summed E-state index contributed by atoms with van der Waals surface area (Å²) >= 11 is 0. The lowest BCUT2D eigenvalue weighted by atomic mass is 9.60. The molecule has 2 aliphatic rings. The Morgan fingerprint density at radius 3 is 2.27 bits per heavy atom. The summed E-state index contributed by atoms with van der Waals surface area (Å²) in [6.45, 7) is 6.76. The molecule has 4 unspecified atom stereocenters. The van der Waals surface area contributed by atoms with Gasteiger partial charge in [-0.3, -0.25) is 0 Å². The molecule has 2 N–H and O–H groups in total. The van der Waals surface area contributed by atoms with Crippen LogP contribution in [-0.2, 0) is 9.47 Å². The van der Waals surface area contributed by atoms with Gasteiger partial charge in [0.2, 0.25) is 5.75 Å².